The summed E-state index contributed by atoms with van der Waals surface area (Å²) in [7, 11) is 0. The number of thioether (sulfide) groups is 1. The molecule has 0 radical (unpaired) electrons. The number of amides is 2. The fourth-order valence-corrected chi connectivity index (χ4v) is 3.24. The van der Waals surface area contributed by atoms with Crippen molar-refractivity contribution in [3.8, 4) is 0 Å². The van der Waals surface area contributed by atoms with Crippen molar-refractivity contribution in [2.75, 3.05) is 12.3 Å². The topological polar surface area (TPSA) is 71.1 Å². The summed E-state index contributed by atoms with van der Waals surface area (Å²) in [6.45, 7) is 2.80. The number of nitrogens with zero attached hydrogens (tertiary/aromatic N) is 1. The third-order valence-electron chi connectivity index (χ3n) is 4.05. The molecule has 2 aromatic rings. The van der Waals surface area contributed by atoms with E-state index in [1.165, 1.54) is 11.8 Å². The second kappa shape index (κ2) is 8.34. The number of unbranched alkanes of at least 4 members (excludes halogenated alkanes) is 1. The lowest BCUT2D eigenvalue weighted by molar-refractivity contribution is -0.118. The number of aromatic nitrogens is 1. The van der Waals surface area contributed by atoms with Gasteiger partial charge in [-0.2, -0.15) is 0 Å². The number of carbonyl (C=O) groups excluding carboxylic acids is 2. The summed E-state index contributed by atoms with van der Waals surface area (Å²) in [6, 6.07) is 9.73. The van der Waals surface area contributed by atoms with Gasteiger partial charge in [0.25, 0.3) is 5.91 Å². The maximum absolute atomic E-state index is 12.5. The number of nitrogens with one attached hydrogen (secondary N) is 2. The van der Waals surface area contributed by atoms with E-state index in [2.05, 4.69) is 22.5 Å². The molecule has 1 aromatic carbocycles. The molecule has 0 aliphatic heterocycles. The van der Waals surface area contributed by atoms with Crippen LogP contribution in [0.5, 0.6) is 0 Å². The average molecular weight is 357 g/mol. The zero-order valence-electron chi connectivity index (χ0n) is 14.4. The Labute approximate surface area is 152 Å². The summed E-state index contributed by atoms with van der Waals surface area (Å²) in [5.41, 5.74) is 1.41. The van der Waals surface area contributed by atoms with Crippen molar-refractivity contribution in [3.63, 3.8) is 0 Å². The van der Waals surface area contributed by atoms with Gasteiger partial charge in [0.15, 0.2) is 0 Å². The molecular formula is C19H23N3O2S. The van der Waals surface area contributed by atoms with Crippen LogP contribution in [0.4, 0.5) is 0 Å². The van der Waals surface area contributed by atoms with Gasteiger partial charge in [-0.05, 0) is 31.4 Å². The minimum absolute atomic E-state index is 0.00242. The van der Waals surface area contributed by atoms with Gasteiger partial charge in [-0.1, -0.05) is 43.3 Å². The van der Waals surface area contributed by atoms with E-state index < -0.39 is 0 Å². The first-order valence-corrected chi connectivity index (χ1v) is 9.76. The van der Waals surface area contributed by atoms with E-state index in [4.69, 9.17) is 0 Å². The van der Waals surface area contributed by atoms with Crippen molar-refractivity contribution in [1.82, 2.24) is 15.6 Å². The van der Waals surface area contributed by atoms with Crippen LogP contribution < -0.4 is 10.6 Å². The Kier molecular flexibility index (Phi) is 5.91. The molecule has 0 spiro atoms. The van der Waals surface area contributed by atoms with Crippen LogP contribution in [0.15, 0.2) is 35.4 Å². The molecule has 1 aliphatic carbocycles. The Hall–Kier alpha value is -2.08. The maximum Gasteiger partial charge on any atom is 0.252 e. The average Bonchev–Trinajstić information content (AvgIpc) is 3.43. The van der Waals surface area contributed by atoms with E-state index in [0.717, 1.165) is 36.6 Å². The first-order valence-electron chi connectivity index (χ1n) is 8.77. The predicted octanol–water partition coefficient (Wildman–Crippen LogP) is 3.14. The molecule has 25 heavy (non-hydrogen) atoms. The van der Waals surface area contributed by atoms with Crippen molar-refractivity contribution in [2.45, 2.75) is 43.7 Å². The molecular weight excluding hydrogens is 334 g/mol. The molecule has 0 unspecified atom stereocenters. The van der Waals surface area contributed by atoms with Gasteiger partial charge < -0.3 is 10.6 Å². The number of rotatable bonds is 8. The summed E-state index contributed by atoms with van der Waals surface area (Å²) in [5.74, 6) is 0.242. The number of hydrogen-bond donors (Lipinski definition) is 2. The second-order valence-electron chi connectivity index (χ2n) is 6.27. The Morgan fingerprint density at radius 1 is 1.28 bits per heavy atom. The molecule has 1 saturated carbocycles. The second-order valence-corrected chi connectivity index (χ2v) is 7.26. The Morgan fingerprint density at radius 3 is 2.84 bits per heavy atom. The van der Waals surface area contributed by atoms with Gasteiger partial charge in [-0.15, -0.1) is 0 Å². The SMILES string of the molecule is CCCCNC(=O)CSc1cc(C(=O)NC2CC2)c2ccccc2n1. The van der Waals surface area contributed by atoms with E-state index in [-0.39, 0.29) is 11.8 Å². The minimum atomic E-state index is -0.0599. The third-order valence-corrected chi connectivity index (χ3v) is 4.96. The number of fused-ring (bicyclic) bond motifs is 1. The van der Waals surface area contributed by atoms with E-state index in [1.54, 1.807) is 6.07 Å². The molecule has 3 rings (SSSR count). The molecule has 132 valence electrons. The highest BCUT2D eigenvalue weighted by atomic mass is 32.2. The summed E-state index contributed by atoms with van der Waals surface area (Å²) >= 11 is 1.36. The maximum atomic E-state index is 12.5. The monoisotopic (exact) mass is 357 g/mol. The number of benzene rings is 1. The standard InChI is InChI=1S/C19H23N3O2S/c1-2-3-10-20-17(23)12-25-18-11-15(19(24)21-13-8-9-13)14-6-4-5-7-16(14)22-18/h4-7,11,13H,2-3,8-10,12H2,1H3,(H,20,23)(H,21,24). The fraction of sp³-hybridized carbons (Fsp3) is 0.421. The van der Waals surface area contributed by atoms with Crippen molar-refractivity contribution in [3.05, 3.63) is 35.9 Å². The molecule has 2 amide bonds. The molecule has 5 nitrogen and oxygen atoms in total. The normalized spacial score (nSPS) is 13.6. The van der Waals surface area contributed by atoms with Crippen LogP contribution in [0, 0.1) is 0 Å². The van der Waals surface area contributed by atoms with Gasteiger partial charge in [-0.3, -0.25) is 9.59 Å². The molecule has 6 heteroatoms. The van der Waals surface area contributed by atoms with Crippen LogP contribution >= 0.6 is 11.8 Å². The number of para-hydroxylation sites is 1. The minimum Gasteiger partial charge on any atom is -0.355 e. The van der Waals surface area contributed by atoms with Gasteiger partial charge >= 0.3 is 0 Å². The summed E-state index contributed by atoms with van der Waals surface area (Å²) < 4.78 is 0. The zero-order valence-corrected chi connectivity index (χ0v) is 15.2. The summed E-state index contributed by atoms with van der Waals surface area (Å²) in [6.07, 6.45) is 4.14. The van der Waals surface area contributed by atoms with E-state index in [0.29, 0.717) is 28.9 Å². The van der Waals surface area contributed by atoms with E-state index in [1.807, 2.05) is 24.3 Å². The number of pyridine rings is 1. The van der Waals surface area contributed by atoms with Crippen molar-refractivity contribution in [1.29, 1.82) is 0 Å². The quantitative estimate of drug-likeness (QED) is 0.562. The van der Waals surface area contributed by atoms with Crippen LogP contribution in [0.3, 0.4) is 0 Å². The molecule has 0 saturated heterocycles. The molecule has 1 aromatic heterocycles. The van der Waals surface area contributed by atoms with Gasteiger partial charge in [-0.25, -0.2) is 4.98 Å². The smallest absolute Gasteiger partial charge is 0.252 e. The molecule has 1 heterocycles. The lowest BCUT2D eigenvalue weighted by Crippen LogP contribution is -2.26. The van der Waals surface area contributed by atoms with E-state index >= 15 is 0 Å². The first-order chi connectivity index (χ1) is 12.2. The summed E-state index contributed by atoms with van der Waals surface area (Å²) in [5, 5.41) is 7.47. The van der Waals surface area contributed by atoms with E-state index in [9.17, 15) is 9.59 Å². The highest BCUT2D eigenvalue weighted by Gasteiger charge is 2.25. The predicted molar refractivity (Wildman–Crippen MR) is 101 cm³/mol. The molecule has 2 N–H and O–H groups in total. The van der Waals surface area contributed by atoms with Crippen LogP contribution in [0.1, 0.15) is 43.0 Å². The van der Waals surface area contributed by atoms with Gasteiger partial charge in [0.05, 0.1) is 21.9 Å². The lowest BCUT2D eigenvalue weighted by Gasteiger charge is -2.10. The lowest BCUT2D eigenvalue weighted by atomic mass is 10.1. The Bertz CT molecular complexity index is 774. The van der Waals surface area contributed by atoms with Crippen LogP contribution in [-0.4, -0.2) is 35.1 Å². The largest absolute Gasteiger partial charge is 0.355 e. The van der Waals surface area contributed by atoms with Crippen molar-refractivity contribution < 1.29 is 9.59 Å². The number of hydrogen-bond acceptors (Lipinski definition) is 4. The van der Waals surface area contributed by atoms with Crippen molar-refractivity contribution >= 4 is 34.5 Å². The van der Waals surface area contributed by atoms with Gasteiger partial charge in [0, 0.05) is 18.0 Å². The van der Waals surface area contributed by atoms with Gasteiger partial charge in [0.1, 0.15) is 0 Å². The Balaban J connectivity index is 1.74. The fourth-order valence-electron chi connectivity index (χ4n) is 2.50. The molecule has 0 bridgehead atoms. The highest BCUT2D eigenvalue weighted by Crippen LogP contribution is 2.26. The zero-order chi connectivity index (χ0) is 17.6. The highest BCUT2D eigenvalue weighted by molar-refractivity contribution is 7.99. The van der Waals surface area contributed by atoms with Crippen molar-refractivity contribution in [2.24, 2.45) is 0 Å². The molecule has 0 atom stereocenters. The molecule has 1 aliphatic rings. The summed E-state index contributed by atoms with van der Waals surface area (Å²) in [4.78, 5) is 29.0. The molecule has 1 fully saturated rings. The first kappa shape index (κ1) is 17.7. The van der Waals surface area contributed by atoms with Crippen LogP contribution in [0.25, 0.3) is 10.9 Å². The van der Waals surface area contributed by atoms with Crippen LogP contribution in [-0.2, 0) is 4.79 Å². The third kappa shape index (κ3) is 4.95. The Morgan fingerprint density at radius 2 is 2.08 bits per heavy atom. The van der Waals surface area contributed by atoms with Crippen LogP contribution in [0.2, 0.25) is 0 Å². The van der Waals surface area contributed by atoms with Gasteiger partial charge in [0.2, 0.25) is 5.91 Å². The number of carbonyl (C=O) groups is 2.